The Bertz CT molecular complexity index is 398. The van der Waals surface area contributed by atoms with Gasteiger partial charge in [0.25, 0.3) is 0 Å². The third kappa shape index (κ3) is 5.29. The fourth-order valence-electron chi connectivity index (χ4n) is 1.29. The molecule has 2 nitrogen and oxygen atoms in total. The molecule has 1 atom stereocenters. The van der Waals surface area contributed by atoms with E-state index in [1.54, 1.807) is 0 Å². The van der Waals surface area contributed by atoms with Crippen molar-refractivity contribution in [2.75, 3.05) is 7.11 Å². The van der Waals surface area contributed by atoms with Crippen molar-refractivity contribution in [2.45, 2.75) is 13.2 Å². The van der Waals surface area contributed by atoms with Crippen LogP contribution in [-0.4, -0.2) is 12.2 Å². The van der Waals surface area contributed by atoms with Gasteiger partial charge in [-0.2, -0.15) is 0 Å². The van der Waals surface area contributed by atoms with Crippen molar-refractivity contribution < 1.29 is 9.84 Å². The summed E-state index contributed by atoms with van der Waals surface area (Å²) >= 11 is 0. The Hall–Kier alpha value is -1.64. The Morgan fingerprint density at radius 2 is 1.35 bits per heavy atom. The zero-order valence-electron chi connectivity index (χ0n) is 10.2. The van der Waals surface area contributed by atoms with E-state index in [1.807, 2.05) is 48.5 Å². The standard InChI is InChI=1S/C8H10O2.C7H8/c1-10-8(9)7-5-3-2-4-6-7;1-7-5-3-2-4-6-7/h2-6,8-9H,1H3;2-6H,1H3. The van der Waals surface area contributed by atoms with E-state index in [4.69, 9.17) is 9.84 Å². The van der Waals surface area contributed by atoms with Crippen LogP contribution in [0.2, 0.25) is 0 Å². The molecule has 1 unspecified atom stereocenters. The fraction of sp³-hybridized carbons (Fsp3) is 0.200. The summed E-state index contributed by atoms with van der Waals surface area (Å²) in [6, 6.07) is 19.5. The average molecular weight is 230 g/mol. The molecule has 0 heterocycles. The zero-order chi connectivity index (χ0) is 12.5. The number of aryl methyl sites for hydroxylation is 1. The van der Waals surface area contributed by atoms with Crippen LogP contribution in [0.15, 0.2) is 60.7 Å². The van der Waals surface area contributed by atoms with Gasteiger partial charge in [0, 0.05) is 12.7 Å². The van der Waals surface area contributed by atoms with Crippen LogP contribution in [0, 0.1) is 6.92 Å². The molecule has 0 aromatic heterocycles. The van der Waals surface area contributed by atoms with Crippen LogP contribution in [-0.2, 0) is 4.74 Å². The van der Waals surface area contributed by atoms with E-state index in [2.05, 4.69) is 19.1 Å². The number of hydrogen-bond acceptors (Lipinski definition) is 2. The SMILES string of the molecule is COC(O)c1ccccc1.Cc1ccccc1. The first-order chi connectivity index (χ1) is 8.24. The van der Waals surface area contributed by atoms with Gasteiger partial charge in [-0.15, -0.1) is 0 Å². The predicted molar refractivity (Wildman–Crippen MR) is 69.6 cm³/mol. The van der Waals surface area contributed by atoms with Crippen LogP contribution in [0.4, 0.5) is 0 Å². The van der Waals surface area contributed by atoms with Gasteiger partial charge in [-0.25, -0.2) is 0 Å². The highest BCUT2D eigenvalue weighted by atomic mass is 16.6. The molecule has 0 aliphatic heterocycles. The maximum Gasteiger partial charge on any atom is 0.180 e. The van der Waals surface area contributed by atoms with Crippen molar-refractivity contribution in [3.63, 3.8) is 0 Å². The van der Waals surface area contributed by atoms with Crippen LogP contribution in [0.1, 0.15) is 17.4 Å². The number of rotatable bonds is 2. The summed E-state index contributed by atoms with van der Waals surface area (Å²) in [6.45, 7) is 2.08. The summed E-state index contributed by atoms with van der Waals surface area (Å²) in [4.78, 5) is 0. The maximum absolute atomic E-state index is 9.11. The molecule has 0 fully saturated rings. The molecule has 0 saturated carbocycles. The Balaban J connectivity index is 0.000000181. The topological polar surface area (TPSA) is 29.5 Å². The molecule has 0 radical (unpaired) electrons. The quantitative estimate of drug-likeness (QED) is 0.802. The molecular formula is C15H18O2. The van der Waals surface area contributed by atoms with Gasteiger partial charge in [0.15, 0.2) is 6.29 Å². The molecule has 17 heavy (non-hydrogen) atoms. The molecule has 0 spiro atoms. The molecule has 2 aromatic carbocycles. The second-order valence-corrected chi connectivity index (χ2v) is 3.65. The molecule has 0 aliphatic rings. The van der Waals surface area contributed by atoms with Gasteiger partial charge in [0.05, 0.1) is 0 Å². The fourth-order valence-corrected chi connectivity index (χ4v) is 1.29. The summed E-state index contributed by atoms with van der Waals surface area (Å²) in [5.74, 6) is 0. The Morgan fingerprint density at radius 1 is 0.882 bits per heavy atom. The first-order valence-electron chi connectivity index (χ1n) is 5.51. The van der Waals surface area contributed by atoms with Crippen molar-refractivity contribution >= 4 is 0 Å². The molecule has 0 bridgehead atoms. The molecule has 90 valence electrons. The first-order valence-corrected chi connectivity index (χ1v) is 5.51. The summed E-state index contributed by atoms with van der Waals surface area (Å²) in [6.07, 6.45) is -0.791. The molecule has 0 aliphatic carbocycles. The van der Waals surface area contributed by atoms with Crippen molar-refractivity contribution in [3.8, 4) is 0 Å². The second-order valence-electron chi connectivity index (χ2n) is 3.65. The maximum atomic E-state index is 9.11. The summed E-state index contributed by atoms with van der Waals surface area (Å²) in [5, 5.41) is 9.11. The van der Waals surface area contributed by atoms with E-state index in [-0.39, 0.29) is 0 Å². The molecule has 0 amide bonds. The Kier molecular flexibility index (Phi) is 6.00. The molecule has 2 heteroatoms. The lowest BCUT2D eigenvalue weighted by molar-refractivity contribution is -0.0769. The van der Waals surface area contributed by atoms with Gasteiger partial charge < -0.3 is 9.84 Å². The molecular weight excluding hydrogens is 212 g/mol. The minimum atomic E-state index is -0.791. The molecule has 0 saturated heterocycles. The van der Waals surface area contributed by atoms with Gasteiger partial charge in [-0.3, -0.25) is 0 Å². The van der Waals surface area contributed by atoms with E-state index in [0.717, 1.165) is 5.56 Å². The van der Waals surface area contributed by atoms with Gasteiger partial charge in [0.1, 0.15) is 0 Å². The van der Waals surface area contributed by atoms with Crippen LogP contribution in [0.25, 0.3) is 0 Å². The minimum absolute atomic E-state index is 0.782. The van der Waals surface area contributed by atoms with Crippen LogP contribution in [0.5, 0.6) is 0 Å². The lowest BCUT2D eigenvalue weighted by Gasteiger charge is -2.06. The van der Waals surface area contributed by atoms with Crippen molar-refractivity contribution in [3.05, 3.63) is 71.8 Å². The van der Waals surface area contributed by atoms with E-state index < -0.39 is 6.29 Å². The summed E-state index contributed by atoms with van der Waals surface area (Å²) in [5.41, 5.74) is 2.10. The van der Waals surface area contributed by atoms with Gasteiger partial charge in [-0.05, 0) is 6.92 Å². The van der Waals surface area contributed by atoms with Gasteiger partial charge in [-0.1, -0.05) is 66.2 Å². The van der Waals surface area contributed by atoms with E-state index in [1.165, 1.54) is 12.7 Å². The van der Waals surface area contributed by atoms with Crippen molar-refractivity contribution in [1.82, 2.24) is 0 Å². The molecule has 2 rings (SSSR count). The van der Waals surface area contributed by atoms with E-state index >= 15 is 0 Å². The first kappa shape index (κ1) is 13.4. The van der Waals surface area contributed by atoms with Crippen LogP contribution in [0.3, 0.4) is 0 Å². The van der Waals surface area contributed by atoms with E-state index in [9.17, 15) is 0 Å². The highest BCUT2D eigenvalue weighted by Gasteiger charge is 2.01. The lowest BCUT2D eigenvalue weighted by Crippen LogP contribution is -1.97. The Labute approximate surface area is 102 Å². The van der Waals surface area contributed by atoms with Crippen molar-refractivity contribution in [1.29, 1.82) is 0 Å². The number of methoxy groups -OCH3 is 1. The average Bonchev–Trinajstić information content (AvgIpc) is 2.40. The smallest absolute Gasteiger partial charge is 0.180 e. The molecule has 1 N–H and O–H groups in total. The summed E-state index contributed by atoms with van der Waals surface area (Å²) < 4.78 is 4.69. The van der Waals surface area contributed by atoms with Gasteiger partial charge >= 0.3 is 0 Å². The second kappa shape index (κ2) is 7.60. The number of benzene rings is 2. The predicted octanol–water partition coefficient (Wildman–Crippen LogP) is 3.32. The lowest BCUT2D eigenvalue weighted by atomic mass is 10.2. The largest absolute Gasteiger partial charge is 0.364 e. The van der Waals surface area contributed by atoms with Crippen molar-refractivity contribution in [2.24, 2.45) is 0 Å². The van der Waals surface area contributed by atoms with E-state index in [0.29, 0.717) is 0 Å². The summed E-state index contributed by atoms with van der Waals surface area (Å²) in [7, 11) is 1.47. The normalized spacial score (nSPS) is 11.2. The van der Waals surface area contributed by atoms with Gasteiger partial charge in [0.2, 0.25) is 0 Å². The third-order valence-electron chi connectivity index (χ3n) is 2.25. The van der Waals surface area contributed by atoms with Crippen LogP contribution < -0.4 is 0 Å². The highest BCUT2D eigenvalue weighted by molar-refractivity contribution is 5.15. The van der Waals surface area contributed by atoms with Crippen LogP contribution >= 0.6 is 0 Å². The number of aliphatic hydroxyl groups excluding tert-OH is 1. The Morgan fingerprint density at radius 3 is 1.71 bits per heavy atom. The monoisotopic (exact) mass is 230 g/mol. The number of ether oxygens (including phenoxy) is 1. The zero-order valence-corrected chi connectivity index (χ0v) is 10.2. The minimum Gasteiger partial charge on any atom is -0.364 e. The number of hydrogen-bond donors (Lipinski definition) is 1. The number of aliphatic hydroxyl groups is 1. The molecule has 2 aromatic rings. The third-order valence-corrected chi connectivity index (χ3v) is 2.25. The highest BCUT2D eigenvalue weighted by Crippen LogP contribution is 2.10.